The molecule has 2 heterocycles. The predicted molar refractivity (Wildman–Crippen MR) is 59.1 cm³/mol. The van der Waals surface area contributed by atoms with Crippen molar-refractivity contribution in [3.8, 4) is 11.5 Å². The first-order valence-electron chi connectivity index (χ1n) is 4.70. The number of nitrogens with zero attached hydrogens (tertiary/aromatic N) is 3. The van der Waals surface area contributed by atoms with Crippen molar-refractivity contribution in [2.45, 2.75) is 13.8 Å². The first-order chi connectivity index (χ1) is 7.16. The minimum Gasteiger partial charge on any atom is -0.384 e. The molecule has 0 spiro atoms. The molecule has 4 heteroatoms. The van der Waals surface area contributed by atoms with Crippen LogP contribution in [0.5, 0.6) is 0 Å². The van der Waals surface area contributed by atoms with Crippen molar-refractivity contribution in [1.29, 1.82) is 0 Å². The Morgan fingerprint density at radius 2 is 2.00 bits per heavy atom. The standard InChI is InChI=1S/C11H12N4/c1-7-4-3-5-13-10(7)11-14-8(2)6-9(12)15-11/h3-6H,1-2H3,(H2,12,14,15). The molecule has 2 aromatic rings. The van der Waals surface area contributed by atoms with Gasteiger partial charge in [-0.25, -0.2) is 9.97 Å². The summed E-state index contributed by atoms with van der Waals surface area (Å²) < 4.78 is 0. The number of pyridine rings is 1. The Morgan fingerprint density at radius 3 is 2.67 bits per heavy atom. The lowest BCUT2D eigenvalue weighted by Crippen LogP contribution is -1.99. The molecule has 0 unspecified atom stereocenters. The van der Waals surface area contributed by atoms with Gasteiger partial charge in [0.1, 0.15) is 11.5 Å². The van der Waals surface area contributed by atoms with Gasteiger partial charge >= 0.3 is 0 Å². The van der Waals surface area contributed by atoms with Crippen LogP contribution in [0.25, 0.3) is 11.5 Å². The Bertz CT molecular complexity index is 473. The van der Waals surface area contributed by atoms with E-state index in [1.54, 1.807) is 12.3 Å². The molecule has 2 aromatic heterocycles. The van der Waals surface area contributed by atoms with Crippen LogP contribution in [0.4, 0.5) is 5.82 Å². The summed E-state index contributed by atoms with van der Waals surface area (Å²) in [6, 6.07) is 5.60. The zero-order valence-corrected chi connectivity index (χ0v) is 8.73. The number of hydrogen-bond donors (Lipinski definition) is 1. The SMILES string of the molecule is Cc1cc(N)nc(-c2ncccc2C)n1. The van der Waals surface area contributed by atoms with Gasteiger partial charge in [0.25, 0.3) is 0 Å². The lowest BCUT2D eigenvalue weighted by molar-refractivity contribution is 1.09. The second-order valence-corrected chi connectivity index (χ2v) is 3.43. The number of anilines is 1. The van der Waals surface area contributed by atoms with E-state index < -0.39 is 0 Å². The highest BCUT2D eigenvalue weighted by molar-refractivity contribution is 5.56. The van der Waals surface area contributed by atoms with Crippen LogP contribution in [-0.2, 0) is 0 Å². The fraction of sp³-hybridized carbons (Fsp3) is 0.182. The maximum absolute atomic E-state index is 5.67. The summed E-state index contributed by atoms with van der Waals surface area (Å²) in [5, 5.41) is 0. The fourth-order valence-corrected chi connectivity index (χ4v) is 1.42. The number of nitrogens with two attached hydrogens (primary N) is 1. The maximum Gasteiger partial charge on any atom is 0.180 e. The van der Waals surface area contributed by atoms with E-state index >= 15 is 0 Å². The van der Waals surface area contributed by atoms with Gasteiger partial charge in [0.15, 0.2) is 5.82 Å². The summed E-state index contributed by atoms with van der Waals surface area (Å²) >= 11 is 0. The number of rotatable bonds is 1. The van der Waals surface area contributed by atoms with Gasteiger partial charge in [0.2, 0.25) is 0 Å². The van der Waals surface area contributed by atoms with Crippen LogP contribution < -0.4 is 5.73 Å². The van der Waals surface area contributed by atoms with Crippen LogP contribution in [0, 0.1) is 13.8 Å². The second kappa shape index (κ2) is 3.65. The molecule has 2 rings (SSSR count). The molecule has 15 heavy (non-hydrogen) atoms. The van der Waals surface area contributed by atoms with E-state index in [2.05, 4.69) is 15.0 Å². The molecule has 2 N–H and O–H groups in total. The van der Waals surface area contributed by atoms with Gasteiger partial charge < -0.3 is 5.73 Å². The minimum atomic E-state index is 0.475. The monoisotopic (exact) mass is 200 g/mol. The average Bonchev–Trinajstić information content (AvgIpc) is 2.16. The highest BCUT2D eigenvalue weighted by Gasteiger charge is 2.06. The van der Waals surface area contributed by atoms with Gasteiger partial charge in [0, 0.05) is 18.0 Å². The molecular weight excluding hydrogens is 188 g/mol. The molecule has 0 aliphatic heterocycles. The maximum atomic E-state index is 5.67. The molecule has 76 valence electrons. The smallest absolute Gasteiger partial charge is 0.180 e. The molecule has 0 aromatic carbocycles. The highest BCUT2D eigenvalue weighted by atomic mass is 15.0. The number of aryl methyl sites for hydroxylation is 2. The van der Waals surface area contributed by atoms with Crippen LogP contribution in [0.15, 0.2) is 24.4 Å². The second-order valence-electron chi connectivity index (χ2n) is 3.43. The first-order valence-corrected chi connectivity index (χ1v) is 4.70. The molecule has 0 amide bonds. The van der Waals surface area contributed by atoms with Crippen molar-refractivity contribution in [1.82, 2.24) is 15.0 Å². The normalized spacial score (nSPS) is 10.3. The number of hydrogen-bond acceptors (Lipinski definition) is 4. The van der Waals surface area contributed by atoms with E-state index in [0.29, 0.717) is 11.6 Å². The van der Waals surface area contributed by atoms with Crippen molar-refractivity contribution in [3.05, 3.63) is 35.7 Å². The summed E-state index contributed by atoms with van der Waals surface area (Å²) in [6.07, 6.45) is 1.73. The van der Waals surface area contributed by atoms with Gasteiger partial charge in [-0.2, -0.15) is 0 Å². The van der Waals surface area contributed by atoms with Gasteiger partial charge in [-0.3, -0.25) is 4.98 Å². The third-order valence-electron chi connectivity index (χ3n) is 2.10. The first kappa shape index (κ1) is 9.58. The van der Waals surface area contributed by atoms with E-state index in [-0.39, 0.29) is 0 Å². The number of nitrogen functional groups attached to an aromatic ring is 1. The molecule has 4 nitrogen and oxygen atoms in total. The van der Waals surface area contributed by atoms with Crippen molar-refractivity contribution < 1.29 is 0 Å². The summed E-state index contributed by atoms with van der Waals surface area (Å²) in [6.45, 7) is 3.87. The van der Waals surface area contributed by atoms with E-state index in [0.717, 1.165) is 17.0 Å². The van der Waals surface area contributed by atoms with Crippen LogP contribution in [0.3, 0.4) is 0 Å². The summed E-state index contributed by atoms with van der Waals surface area (Å²) in [5.41, 5.74) is 8.35. The lowest BCUT2D eigenvalue weighted by Gasteiger charge is -2.04. The van der Waals surface area contributed by atoms with Crippen LogP contribution in [0.2, 0.25) is 0 Å². The van der Waals surface area contributed by atoms with Crippen LogP contribution >= 0.6 is 0 Å². The Balaban J connectivity index is 2.59. The molecule has 0 saturated carbocycles. The summed E-state index contributed by atoms with van der Waals surface area (Å²) in [4.78, 5) is 12.7. The molecular formula is C11H12N4. The van der Waals surface area contributed by atoms with Crippen molar-refractivity contribution >= 4 is 5.82 Å². The quantitative estimate of drug-likeness (QED) is 0.761. The third kappa shape index (κ3) is 1.93. The molecule has 0 bridgehead atoms. The van der Waals surface area contributed by atoms with E-state index in [4.69, 9.17) is 5.73 Å². The molecule has 0 atom stereocenters. The van der Waals surface area contributed by atoms with Gasteiger partial charge in [-0.15, -0.1) is 0 Å². The zero-order valence-electron chi connectivity index (χ0n) is 8.73. The largest absolute Gasteiger partial charge is 0.384 e. The van der Waals surface area contributed by atoms with Crippen molar-refractivity contribution in [2.24, 2.45) is 0 Å². The molecule has 0 fully saturated rings. The van der Waals surface area contributed by atoms with E-state index in [1.807, 2.05) is 26.0 Å². The average molecular weight is 200 g/mol. The minimum absolute atomic E-state index is 0.475. The Morgan fingerprint density at radius 1 is 1.20 bits per heavy atom. The summed E-state index contributed by atoms with van der Waals surface area (Å²) in [5.74, 6) is 1.06. The van der Waals surface area contributed by atoms with E-state index in [9.17, 15) is 0 Å². The topological polar surface area (TPSA) is 64.7 Å². The van der Waals surface area contributed by atoms with E-state index in [1.165, 1.54) is 0 Å². The molecule has 0 aliphatic carbocycles. The van der Waals surface area contributed by atoms with Crippen LogP contribution in [-0.4, -0.2) is 15.0 Å². The number of aromatic nitrogens is 3. The summed E-state index contributed by atoms with van der Waals surface area (Å²) in [7, 11) is 0. The lowest BCUT2D eigenvalue weighted by atomic mass is 10.2. The highest BCUT2D eigenvalue weighted by Crippen LogP contribution is 2.17. The fourth-order valence-electron chi connectivity index (χ4n) is 1.42. The van der Waals surface area contributed by atoms with Crippen molar-refractivity contribution in [2.75, 3.05) is 5.73 Å². The Kier molecular flexibility index (Phi) is 2.33. The van der Waals surface area contributed by atoms with Crippen LogP contribution in [0.1, 0.15) is 11.3 Å². The third-order valence-corrected chi connectivity index (χ3v) is 2.10. The predicted octanol–water partition coefficient (Wildman–Crippen LogP) is 1.74. The van der Waals surface area contributed by atoms with Gasteiger partial charge in [-0.05, 0) is 25.5 Å². The van der Waals surface area contributed by atoms with Gasteiger partial charge in [0.05, 0.1) is 0 Å². The molecule has 0 aliphatic rings. The Hall–Kier alpha value is -1.97. The van der Waals surface area contributed by atoms with Crippen molar-refractivity contribution in [3.63, 3.8) is 0 Å². The zero-order chi connectivity index (χ0) is 10.8. The van der Waals surface area contributed by atoms with Gasteiger partial charge in [-0.1, -0.05) is 6.07 Å². The Labute approximate surface area is 88.2 Å². The molecule has 0 saturated heterocycles. The molecule has 0 radical (unpaired) electrons.